The van der Waals surface area contributed by atoms with Gasteiger partial charge in [-0.3, -0.25) is 4.90 Å². The molecule has 0 aliphatic rings. The fraction of sp³-hybridized carbons (Fsp3) is 0.571. The lowest BCUT2D eigenvalue weighted by atomic mass is 10.2. The summed E-state index contributed by atoms with van der Waals surface area (Å²) >= 11 is 1.61. The van der Waals surface area contributed by atoms with Crippen molar-refractivity contribution >= 4 is 11.3 Å². The van der Waals surface area contributed by atoms with Gasteiger partial charge in [-0.05, 0) is 24.4 Å². The number of hydrogen-bond acceptors (Lipinski definition) is 6. The van der Waals surface area contributed by atoms with E-state index in [0.717, 1.165) is 18.5 Å². The van der Waals surface area contributed by atoms with Crippen molar-refractivity contribution in [3.05, 3.63) is 22.7 Å². The van der Waals surface area contributed by atoms with Gasteiger partial charge in [0.15, 0.2) is 0 Å². The Morgan fingerprint density at radius 2 is 2.25 bits per heavy atom. The number of hydrogen-bond donors (Lipinski definition) is 1. The zero-order valence-electron chi connectivity index (χ0n) is 11.8. The monoisotopic (exact) mass is 295 g/mol. The Bertz CT molecular complexity index is 484. The molecular formula is C14H21N3O2S. The Labute approximate surface area is 123 Å². The Kier molecular flexibility index (Phi) is 6.17. The van der Waals surface area contributed by atoms with Crippen LogP contribution in [0.3, 0.4) is 0 Å². The standard InChI is InChI=1S/C14H21N3O2S/c1-2-3-4-6-17(7-8-18)10-13-15-14(16-19-13)12-5-9-20-11-12/h5,9,11,18H,2-4,6-8,10H2,1H3. The van der Waals surface area contributed by atoms with Crippen LogP contribution in [0.4, 0.5) is 0 Å². The van der Waals surface area contributed by atoms with Gasteiger partial charge in [-0.1, -0.05) is 24.9 Å². The normalized spacial score (nSPS) is 11.3. The lowest BCUT2D eigenvalue weighted by Gasteiger charge is -2.18. The average Bonchev–Trinajstić information content (AvgIpc) is 3.09. The van der Waals surface area contributed by atoms with Gasteiger partial charge in [-0.2, -0.15) is 16.3 Å². The third-order valence-corrected chi connectivity index (χ3v) is 3.78. The third-order valence-electron chi connectivity index (χ3n) is 3.10. The number of nitrogens with zero attached hydrogens (tertiary/aromatic N) is 3. The van der Waals surface area contributed by atoms with Crippen LogP contribution in [0.1, 0.15) is 32.1 Å². The summed E-state index contributed by atoms with van der Waals surface area (Å²) in [7, 11) is 0. The van der Waals surface area contributed by atoms with E-state index >= 15 is 0 Å². The van der Waals surface area contributed by atoms with E-state index in [4.69, 9.17) is 9.63 Å². The number of aliphatic hydroxyl groups is 1. The summed E-state index contributed by atoms with van der Waals surface area (Å²) in [5.41, 5.74) is 0.990. The van der Waals surface area contributed by atoms with Gasteiger partial charge in [0.25, 0.3) is 0 Å². The van der Waals surface area contributed by atoms with Crippen molar-refractivity contribution in [2.24, 2.45) is 0 Å². The molecule has 0 aliphatic carbocycles. The minimum atomic E-state index is 0.150. The Morgan fingerprint density at radius 3 is 2.95 bits per heavy atom. The SMILES string of the molecule is CCCCCN(CCO)Cc1nc(-c2ccsc2)no1. The van der Waals surface area contributed by atoms with E-state index in [9.17, 15) is 0 Å². The van der Waals surface area contributed by atoms with Crippen molar-refractivity contribution in [3.63, 3.8) is 0 Å². The molecule has 0 aromatic carbocycles. The molecule has 0 bridgehead atoms. The minimum Gasteiger partial charge on any atom is -0.395 e. The maximum absolute atomic E-state index is 9.12. The smallest absolute Gasteiger partial charge is 0.241 e. The summed E-state index contributed by atoms with van der Waals surface area (Å²) in [4.78, 5) is 6.56. The molecule has 0 aliphatic heterocycles. The molecule has 110 valence electrons. The molecule has 0 radical (unpaired) electrons. The van der Waals surface area contributed by atoms with Gasteiger partial charge in [0.1, 0.15) is 0 Å². The Balaban J connectivity index is 1.92. The molecule has 0 fully saturated rings. The van der Waals surface area contributed by atoms with Gasteiger partial charge in [0, 0.05) is 17.5 Å². The summed E-state index contributed by atoms with van der Waals surface area (Å²) in [5.74, 6) is 1.25. The van der Waals surface area contributed by atoms with Crippen LogP contribution in [-0.2, 0) is 6.54 Å². The van der Waals surface area contributed by atoms with E-state index in [1.54, 1.807) is 11.3 Å². The van der Waals surface area contributed by atoms with Crippen LogP contribution in [0.2, 0.25) is 0 Å². The quantitative estimate of drug-likeness (QED) is 0.721. The number of aromatic nitrogens is 2. The van der Waals surface area contributed by atoms with E-state index in [2.05, 4.69) is 22.0 Å². The molecule has 1 N–H and O–H groups in total. The van der Waals surface area contributed by atoms with Crippen LogP contribution in [0.15, 0.2) is 21.3 Å². The van der Waals surface area contributed by atoms with Crippen molar-refractivity contribution in [2.75, 3.05) is 19.7 Å². The second-order valence-corrected chi connectivity index (χ2v) is 5.51. The van der Waals surface area contributed by atoms with Crippen molar-refractivity contribution in [1.82, 2.24) is 15.0 Å². The summed E-state index contributed by atoms with van der Waals surface area (Å²) in [5, 5.41) is 17.1. The van der Waals surface area contributed by atoms with E-state index in [0.29, 0.717) is 24.8 Å². The molecule has 0 unspecified atom stereocenters. The number of unbranched alkanes of at least 4 members (excludes halogenated alkanes) is 2. The largest absolute Gasteiger partial charge is 0.395 e. The molecule has 0 atom stereocenters. The Morgan fingerprint density at radius 1 is 1.35 bits per heavy atom. The average molecular weight is 295 g/mol. The highest BCUT2D eigenvalue weighted by Crippen LogP contribution is 2.19. The summed E-state index contributed by atoms with van der Waals surface area (Å²) in [6.07, 6.45) is 3.52. The molecule has 0 spiro atoms. The highest BCUT2D eigenvalue weighted by Gasteiger charge is 2.12. The molecule has 20 heavy (non-hydrogen) atoms. The van der Waals surface area contributed by atoms with Gasteiger partial charge >= 0.3 is 0 Å². The summed E-state index contributed by atoms with van der Waals surface area (Å²) in [6, 6.07) is 1.98. The number of rotatable bonds is 9. The first-order valence-electron chi connectivity index (χ1n) is 7.02. The predicted octanol–water partition coefficient (Wildman–Crippen LogP) is 2.78. The molecule has 5 nitrogen and oxygen atoms in total. The van der Waals surface area contributed by atoms with Gasteiger partial charge in [-0.15, -0.1) is 0 Å². The van der Waals surface area contributed by atoms with Crippen LogP contribution >= 0.6 is 11.3 Å². The molecule has 2 aromatic heterocycles. The second kappa shape index (κ2) is 8.14. The van der Waals surface area contributed by atoms with E-state index < -0.39 is 0 Å². The molecule has 2 heterocycles. The van der Waals surface area contributed by atoms with Gasteiger partial charge < -0.3 is 9.63 Å². The first kappa shape index (κ1) is 15.2. The van der Waals surface area contributed by atoms with Gasteiger partial charge in [-0.25, -0.2) is 0 Å². The van der Waals surface area contributed by atoms with Crippen molar-refractivity contribution in [1.29, 1.82) is 0 Å². The second-order valence-electron chi connectivity index (χ2n) is 4.73. The predicted molar refractivity (Wildman–Crippen MR) is 79.5 cm³/mol. The van der Waals surface area contributed by atoms with Crippen molar-refractivity contribution in [3.8, 4) is 11.4 Å². The van der Waals surface area contributed by atoms with Crippen molar-refractivity contribution < 1.29 is 9.63 Å². The van der Waals surface area contributed by atoms with Gasteiger partial charge in [0.2, 0.25) is 11.7 Å². The lowest BCUT2D eigenvalue weighted by molar-refractivity contribution is 0.171. The topological polar surface area (TPSA) is 62.4 Å². The van der Waals surface area contributed by atoms with Gasteiger partial charge in [0.05, 0.1) is 13.2 Å². The molecule has 6 heteroatoms. The maximum Gasteiger partial charge on any atom is 0.241 e. The fourth-order valence-electron chi connectivity index (χ4n) is 2.02. The van der Waals surface area contributed by atoms with Crippen LogP contribution < -0.4 is 0 Å². The zero-order valence-corrected chi connectivity index (χ0v) is 12.6. The van der Waals surface area contributed by atoms with Crippen molar-refractivity contribution in [2.45, 2.75) is 32.7 Å². The Hall–Kier alpha value is -1.24. The third kappa shape index (κ3) is 4.40. The first-order valence-corrected chi connectivity index (χ1v) is 7.96. The molecular weight excluding hydrogens is 274 g/mol. The van der Waals surface area contributed by atoms with Crippen LogP contribution in [0, 0.1) is 0 Å². The summed E-state index contributed by atoms with van der Waals surface area (Å²) < 4.78 is 5.29. The van der Waals surface area contributed by atoms with Crippen LogP contribution in [0.5, 0.6) is 0 Å². The minimum absolute atomic E-state index is 0.150. The molecule has 0 saturated carbocycles. The van der Waals surface area contributed by atoms with E-state index in [1.165, 1.54) is 12.8 Å². The van der Waals surface area contributed by atoms with Crippen LogP contribution in [0.25, 0.3) is 11.4 Å². The molecule has 2 rings (SSSR count). The van der Waals surface area contributed by atoms with Crippen LogP contribution in [-0.4, -0.2) is 39.8 Å². The first-order chi connectivity index (χ1) is 9.83. The molecule has 2 aromatic rings. The summed E-state index contributed by atoms with van der Waals surface area (Å²) in [6.45, 7) is 4.52. The highest BCUT2D eigenvalue weighted by molar-refractivity contribution is 7.08. The zero-order chi connectivity index (χ0) is 14.2. The van der Waals surface area contributed by atoms with E-state index in [1.807, 2.05) is 16.8 Å². The maximum atomic E-state index is 9.12. The fourth-order valence-corrected chi connectivity index (χ4v) is 2.65. The molecule has 0 saturated heterocycles. The number of thiophene rings is 1. The van der Waals surface area contributed by atoms with E-state index in [-0.39, 0.29) is 6.61 Å². The lowest BCUT2D eigenvalue weighted by Crippen LogP contribution is -2.27. The highest BCUT2D eigenvalue weighted by atomic mass is 32.1. The molecule has 0 amide bonds. The number of aliphatic hydroxyl groups excluding tert-OH is 1.